The molecule has 0 saturated carbocycles. The summed E-state index contributed by atoms with van der Waals surface area (Å²) in [5.41, 5.74) is 12.9. The Kier molecular flexibility index (Phi) is 4.44. The molecule has 1 aromatic rings. The third kappa shape index (κ3) is 2.94. The summed E-state index contributed by atoms with van der Waals surface area (Å²) in [5, 5.41) is 0. The first kappa shape index (κ1) is 13.2. The molecule has 2 rings (SSSR count). The molecule has 0 aliphatic carbocycles. The maximum absolute atomic E-state index is 6.24. The fourth-order valence-corrected chi connectivity index (χ4v) is 2.16. The molecule has 18 heavy (non-hydrogen) atoms. The molecular formula is C14H22N2O2. The fraction of sp³-hybridized carbons (Fsp3) is 0.571. The van der Waals surface area contributed by atoms with Crippen LogP contribution < -0.4 is 20.9 Å². The Morgan fingerprint density at radius 1 is 1.22 bits per heavy atom. The average molecular weight is 250 g/mol. The van der Waals surface area contributed by atoms with Gasteiger partial charge in [0.2, 0.25) is 0 Å². The van der Waals surface area contributed by atoms with Gasteiger partial charge in [-0.3, -0.25) is 0 Å². The number of ether oxygens (including phenoxy) is 2. The van der Waals surface area contributed by atoms with Crippen molar-refractivity contribution in [2.45, 2.75) is 25.8 Å². The molecular weight excluding hydrogens is 228 g/mol. The van der Waals surface area contributed by atoms with Crippen molar-refractivity contribution in [3.8, 4) is 11.5 Å². The largest absolute Gasteiger partial charge is 0.490 e. The minimum absolute atomic E-state index is 0.00861. The Balaban J connectivity index is 2.17. The van der Waals surface area contributed by atoms with Crippen molar-refractivity contribution in [3.05, 3.63) is 23.8 Å². The molecule has 2 atom stereocenters. The van der Waals surface area contributed by atoms with Crippen LogP contribution in [0.3, 0.4) is 0 Å². The first-order chi connectivity index (χ1) is 8.72. The first-order valence-electron chi connectivity index (χ1n) is 6.57. The standard InChI is InChI=1S/C14H22N2O2/c1-10(5-6-15)14(16)11-3-4-12-13(9-11)18-8-2-7-17-12/h3-4,9-10,14H,2,5-8,15-16H2,1H3. The summed E-state index contributed by atoms with van der Waals surface area (Å²) in [6.07, 6.45) is 1.84. The van der Waals surface area contributed by atoms with Gasteiger partial charge in [-0.15, -0.1) is 0 Å². The number of nitrogens with two attached hydrogens (primary N) is 2. The number of rotatable bonds is 4. The van der Waals surface area contributed by atoms with Gasteiger partial charge < -0.3 is 20.9 Å². The van der Waals surface area contributed by atoms with Crippen molar-refractivity contribution in [1.29, 1.82) is 0 Å². The Morgan fingerprint density at radius 3 is 2.67 bits per heavy atom. The number of benzene rings is 1. The van der Waals surface area contributed by atoms with Crippen LogP contribution in [0.25, 0.3) is 0 Å². The van der Waals surface area contributed by atoms with Gasteiger partial charge >= 0.3 is 0 Å². The zero-order valence-corrected chi connectivity index (χ0v) is 10.9. The van der Waals surface area contributed by atoms with E-state index in [1.807, 2.05) is 18.2 Å². The van der Waals surface area contributed by atoms with Crippen molar-refractivity contribution in [1.82, 2.24) is 0 Å². The van der Waals surface area contributed by atoms with Gasteiger partial charge in [0.1, 0.15) is 0 Å². The van der Waals surface area contributed by atoms with Crippen LogP contribution in [-0.2, 0) is 0 Å². The van der Waals surface area contributed by atoms with Crippen molar-refractivity contribution >= 4 is 0 Å². The van der Waals surface area contributed by atoms with Crippen molar-refractivity contribution < 1.29 is 9.47 Å². The predicted molar refractivity (Wildman–Crippen MR) is 71.8 cm³/mol. The zero-order chi connectivity index (χ0) is 13.0. The molecule has 0 bridgehead atoms. The summed E-state index contributed by atoms with van der Waals surface area (Å²) in [6, 6.07) is 5.96. The minimum atomic E-state index is -0.00861. The Bertz CT molecular complexity index is 395. The van der Waals surface area contributed by atoms with Crippen LogP contribution in [-0.4, -0.2) is 19.8 Å². The molecule has 1 aromatic carbocycles. The smallest absolute Gasteiger partial charge is 0.161 e. The van der Waals surface area contributed by atoms with Crippen molar-refractivity contribution in [2.75, 3.05) is 19.8 Å². The maximum atomic E-state index is 6.24. The number of fused-ring (bicyclic) bond motifs is 1. The lowest BCUT2D eigenvalue weighted by Gasteiger charge is -2.20. The second-order valence-electron chi connectivity index (χ2n) is 4.84. The summed E-state index contributed by atoms with van der Waals surface area (Å²) < 4.78 is 11.3. The van der Waals surface area contributed by atoms with E-state index in [-0.39, 0.29) is 6.04 Å². The van der Waals surface area contributed by atoms with Crippen LogP contribution in [0.5, 0.6) is 11.5 Å². The summed E-state index contributed by atoms with van der Waals surface area (Å²) in [4.78, 5) is 0. The van der Waals surface area contributed by atoms with Crippen LogP contribution >= 0.6 is 0 Å². The molecule has 2 unspecified atom stereocenters. The average Bonchev–Trinajstić information content (AvgIpc) is 2.62. The van der Waals surface area contributed by atoms with Gasteiger partial charge in [0.15, 0.2) is 11.5 Å². The third-order valence-electron chi connectivity index (χ3n) is 3.39. The molecule has 4 N–H and O–H groups in total. The lowest BCUT2D eigenvalue weighted by atomic mass is 9.92. The third-order valence-corrected chi connectivity index (χ3v) is 3.39. The monoisotopic (exact) mass is 250 g/mol. The highest BCUT2D eigenvalue weighted by molar-refractivity contribution is 5.44. The van der Waals surface area contributed by atoms with E-state index >= 15 is 0 Å². The molecule has 0 fully saturated rings. The molecule has 4 nitrogen and oxygen atoms in total. The van der Waals surface area contributed by atoms with E-state index in [1.54, 1.807) is 0 Å². The summed E-state index contributed by atoms with van der Waals surface area (Å²) in [7, 11) is 0. The zero-order valence-electron chi connectivity index (χ0n) is 10.9. The second kappa shape index (κ2) is 6.07. The quantitative estimate of drug-likeness (QED) is 0.855. The minimum Gasteiger partial charge on any atom is -0.490 e. The van der Waals surface area contributed by atoms with E-state index < -0.39 is 0 Å². The summed E-state index contributed by atoms with van der Waals surface area (Å²) in [5.74, 6) is 1.98. The number of hydrogen-bond acceptors (Lipinski definition) is 4. The Morgan fingerprint density at radius 2 is 1.94 bits per heavy atom. The maximum Gasteiger partial charge on any atom is 0.161 e. The van der Waals surface area contributed by atoms with E-state index in [9.17, 15) is 0 Å². The normalized spacial score (nSPS) is 17.9. The van der Waals surface area contributed by atoms with E-state index in [1.165, 1.54) is 0 Å². The van der Waals surface area contributed by atoms with E-state index in [4.69, 9.17) is 20.9 Å². The molecule has 0 saturated heterocycles. The first-order valence-corrected chi connectivity index (χ1v) is 6.57. The Labute approximate surface area is 108 Å². The van der Waals surface area contributed by atoms with Crippen LogP contribution in [0, 0.1) is 5.92 Å². The van der Waals surface area contributed by atoms with Crippen LogP contribution in [0.1, 0.15) is 31.4 Å². The number of hydrogen-bond donors (Lipinski definition) is 2. The van der Waals surface area contributed by atoms with Gasteiger partial charge in [0, 0.05) is 12.5 Å². The molecule has 100 valence electrons. The topological polar surface area (TPSA) is 70.5 Å². The van der Waals surface area contributed by atoms with E-state index in [0.29, 0.717) is 25.7 Å². The van der Waals surface area contributed by atoms with Gasteiger partial charge in [0.25, 0.3) is 0 Å². The van der Waals surface area contributed by atoms with E-state index in [0.717, 1.165) is 29.9 Å². The summed E-state index contributed by atoms with van der Waals surface area (Å²) >= 11 is 0. The predicted octanol–water partition coefficient (Wildman–Crippen LogP) is 1.83. The molecule has 0 spiro atoms. The van der Waals surface area contributed by atoms with Gasteiger partial charge in [-0.2, -0.15) is 0 Å². The lowest BCUT2D eigenvalue weighted by Crippen LogP contribution is -2.21. The molecule has 4 heteroatoms. The Hall–Kier alpha value is -1.26. The highest BCUT2D eigenvalue weighted by atomic mass is 16.5. The molecule has 1 heterocycles. The second-order valence-corrected chi connectivity index (χ2v) is 4.84. The van der Waals surface area contributed by atoms with Crippen molar-refractivity contribution in [3.63, 3.8) is 0 Å². The van der Waals surface area contributed by atoms with Gasteiger partial charge in [-0.1, -0.05) is 13.0 Å². The van der Waals surface area contributed by atoms with Crippen LogP contribution in [0.2, 0.25) is 0 Å². The van der Waals surface area contributed by atoms with Crippen molar-refractivity contribution in [2.24, 2.45) is 17.4 Å². The van der Waals surface area contributed by atoms with E-state index in [2.05, 4.69) is 6.92 Å². The van der Waals surface area contributed by atoms with Gasteiger partial charge in [-0.05, 0) is 36.6 Å². The van der Waals surface area contributed by atoms with Crippen LogP contribution in [0.4, 0.5) is 0 Å². The molecule has 0 amide bonds. The lowest BCUT2D eigenvalue weighted by molar-refractivity contribution is 0.297. The highest BCUT2D eigenvalue weighted by Crippen LogP contribution is 2.33. The molecule has 0 aromatic heterocycles. The SMILES string of the molecule is CC(CCN)C(N)c1ccc2c(c1)OCCCO2. The molecule has 0 radical (unpaired) electrons. The summed E-state index contributed by atoms with van der Waals surface area (Å²) in [6.45, 7) is 4.20. The molecule has 1 aliphatic heterocycles. The van der Waals surface area contributed by atoms with Gasteiger partial charge in [-0.25, -0.2) is 0 Å². The van der Waals surface area contributed by atoms with Gasteiger partial charge in [0.05, 0.1) is 13.2 Å². The fourth-order valence-electron chi connectivity index (χ4n) is 2.16. The molecule has 1 aliphatic rings. The van der Waals surface area contributed by atoms with Crippen LogP contribution in [0.15, 0.2) is 18.2 Å². The highest BCUT2D eigenvalue weighted by Gasteiger charge is 2.17.